The standard InChI is InChI=1S/C14H17I2N3O2/c15-13(20)9-11-1-3-12(4-2-11)19-7-5-18(6-8-19)10-14(21)17-16/h1-4H,5-10H2,(H,17,21). The van der Waals surface area contributed by atoms with Crippen molar-refractivity contribution in [3.8, 4) is 0 Å². The Balaban J connectivity index is 1.87. The van der Waals surface area contributed by atoms with Crippen molar-refractivity contribution in [3.63, 3.8) is 0 Å². The van der Waals surface area contributed by atoms with Crippen molar-refractivity contribution in [1.29, 1.82) is 0 Å². The zero-order valence-electron chi connectivity index (χ0n) is 11.5. The van der Waals surface area contributed by atoms with Gasteiger partial charge in [-0.3, -0.25) is 18.0 Å². The Labute approximate surface area is 152 Å². The Morgan fingerprint density at radius 1 is 1.10 bits per heavy atom. The number of hydrogen-bond acceptors (Lipinski definition) is 4. The van der Waals surface area contributed by atoms with Gasteiger partial charge in [0.2, 0.25) is 5.91 Å². The molecule has 2 rings (SSSR count). The number of amides is 1. The van der Waals surface area contributed by atoms with E-state index in [1.807, 2.05) is 57.6 Å². The van der Waals surface area contributed by atoms with Gasteiger partial charge in [-0.25, -0.2) is 0 Å². The number of carbonyl (C=O) groups excluding carboxylic acids is 2. The molecule has 1 aliphatic rings. The van der Waals surface area contributed by atoms with Crippen molar-refractivity contribution >= 4 is 60.8 Å². The van der Waals surface area contributed by atoms with Crippen LogP contribution in [0.3, 0.4) is 0 Å². The zero-order chi connectivity index (χ0) is 15.2. The van der Waals surface area contributed by atoms with Gasteiger partial charge in [-0.2, -0.15) is 0 Å². The largest absolute Gasteiger partial charge is 0.369 e. The molecule has 1 heterocycles. The highest BCUT2D eigenvalue weighted by molar-refractivity contribution is 14.1. The van der Waals surface area contributed by atoms with Crippen LogP contribution >= 0.6 is 45.5 Å². The lowest BCUT2D eigenvalue weighted by atomic mass is 10.1. The molecule has 21 heavy (non-hydrogen) atoms. The monoisotopic (exact) mass is 513 g/mol. The van der Waals surface area contributed by atoms with E-state index in [1.165, 1.54) is 5.69 Å². The van der Waals surface area contributed by atoms with E-state index >= 15 is 0 Å². The molecule has 1 saturated heterocycles. The number of nitrogens with zero attached hydrogens (tertiary/aromatic N) is 2. The van der Waals surface area contributed by atoms with Crippen LogP contribution in [0.15, 0.2) is 24.3 Å². The summed E-state index contributed by atoms with van der Waals surface area (Å²) in [6, 6.07) is 8.17. The molecular formula is C14H17I2N3O2. The lowest BCUT2D eigenvalue weighted by molar-refractivity contribution is -0.120. The van der Waals surface area contributed by atoms with Crippen molar-refractivity contribution < 1.29 is 9.59 Å². The average Bonchev–Trinajstić information content (AvgIpc) is 2.48. The second kappa shape index (κ2) is 8.28. The highest BCUT2D eigenvalue weighted by atomic mass is 127. The number of anilines is 1. The van der Waals surface area contributed by atoms with Crippen LogP contribution in [-0.4, -0.2) is 47.3 Å². The molecule has 0 aromatic heterocycles. The lowest BCUT2D eigenvalue weighted by Gasteiger charge is -2.35. The lowest BCUT2D eigenvalue weighted by Crippen LogP contribution is -2.48. The quantitative estimate of drug-likeness (QED) is 0.371. The van der Waals surface area contributed by atoms with Gasteiger partial charge in [-0.05, 0) is 40.3 Å². The molecule has 1 aliphatic heterocycles. The number of nitrogens with one attached hydrogen (secondary N) is 1. The summed E-state index contributed by atoms with van der Waals surface area (Å²) in [7, 11) is 0. The van der Waals surface area contributed by atoms with E-state index in [0.29, 0.717) is 13.0 Å². The molecule has 1 aromatic rings. The second-order valence-corrected chi connectivity index (χ2v) is 6.72. The van der Waals surface area contributed by atoms with Gasteiger partial charge in [0, 0.05) is 38.3 Å². The fraction of sp³-hybridized carbons (Fsp3) is 0.429. The second-order valence-electron chi connectivity index (χ2n) is 4.98. The SMILES string of the molecule is O=C(I)Cc1ccc(N2CCN(CC(=O)NI)CC2)cc1. The summed E-state index contributed by atoms with van der Waals surface area (Å²) in [5.74, 6) is 0.0527. The van der Waals surface area contributed by atoms with Crippen LogP contribution in [0, 0.1) is 0 Å². The van der Waals surface area contributed by atoms with Crippen molar-refractivity contribution in [1.82, 2.24) is 8.43 Å². The highest BCUT2D eigenvalue weighted by Gasteiger charge is 2.18. The fourth-order valence-electron chi connectivity index (χ4n) is 2.38. The number of piperazine rings is 1. The van der Waals surface area contributed by atoms with Crippen LogP contribution in [-0.2, 0) is 16.0 Å². The maximum absolute atomic E-state index is 11.4. The first-order valence-corrected chi connectivity index (χ1v) is 8.88. The van der Waals surface area contributed by atoms with Crippen molar-refractivity contribution in [2.45, 2.75) is 6.42 Å². The van der Waals surface area contributed by atoms with E-state index in [9.17, 15) is 9.59 Å². The van der Waals surface area contributed by atoms with E-state index in [4.69, 9.17) is 0 Å². The number of carbonyl (C=O) groups is 2. The molecule has 114 valence electrons. The molecule has 0 aliphatic carbocycles. The van der Waals surface area contributed by atoms with Crippen molar-refractivity contribution in [2.75, 3.05) is 37.6 Å². The predicted octanol–water partition coefficient (Wildman–Crippen LogP) is 1.78. The third kappa shape index (κ3) is 5.37. The summed E-state index contributed by atoms with van der Waals surface area (Å²) in [4.78, 5) is 26.9. The normalized spacial score (nSPS) is 15.8. The summed E-state index contributed by atoms with van der Waals surface area (Å²) in [5, 5.41) is 0. The first-order chi connectivity index (χ1) is 10.1. The third-order valence-corrected chi connectivity index (χ3v) is 4.47. The Kier molecular flexibility index (Phi) is 6.68. The maximum atomic E-state index is 11.4. The molecule has 1 aromatic carbocycles. The Bertz CT molecular complexity index is 499. The minimum Gasteiger partial charge on any atom is -0.369 e. The molecule has 0 saturated carbocycles. The van der Waals surface area contributed by atoms with Crippen molar-refractivity contribution in [3.05, 3.63) is 29.8 Å². The van der Waals surface area contributed by atoms with Gasteiger partial charge in [0.05, 0.1) is 29.4 Å². The van der Waals surface area contributed by atoms with Gasteiger partial charge in [0.25, 0.3) is 0 Å². The first kappa shape index (κ1) is 16.9. The van der Waals surface area contributed by atoms with Crippen LogP contribution in [0.1, 0.15) is 5.56 Å². The summed E-state index contributed by atoms with van der Waals surface area (Å²) in [5.41, 5.74) is 2.23. The van der Waals surface area contributed by atoms with Gasteiger partial charge in [0.15, 0.2) is 3.79 Å². The molecule has 0 bridgehead atoms. The molecule has 0 unspecified atom stereocenters. The van der Waals surface area contributed by atoms with Gasteiger partial charge in [0.1, 0.15) is 0 Å². The summed E-state index contributed by atoms with van der Waals surface area (Å²) < 4.78 is 2.78. The topological polar surface area (TPSA) is 52.7 Å². The van der Waals surface area contributed by atoms with Crippen LogP contribution in [0.5, 0.6) is 0 Å². The van der Waals surface area contributed by atoms with Crippen molar-refractivity contribution in [2.24, 2.45) is 0 Å². The molecule has 5 nitrogen and oxygen atoms in total. The molecular weight excluding hydrogens is 496 g/mol. The minimum absolute atomic E-state index is 0.0527. The zero-order valence-corrected chi connectivity index (χ0v) is 15.8. The van der Waals surface area contributed by atoms with Crippen LogP contribution in [0.25, 0.3) is 0 Å². The molecule has 0 spiro atoms. The Hall–Kier alpha value is -0.420. The van der Waals surface area contributed by atoms with Crippen LogP contribution in [0.2, 0.25) is 0 Å². The van der Waals surface area contributed by atoms with Crippen LogP contribution < -0.4 is 8.43 Å². The average molecular weight is 513 g/mol. The van der Waals surface area contributed by atoms with E-state index in [1.54, 1.807) is 0 Å². The van der Waals surface area contributed by atoms with E-state index < -0.39 is 0 Å². The number of hydrogen-bond donors (Lipinski definition) is 1. The summed E-state index contributed by atoms with van der Waals surface area (Å²) in [6.45, 7) is 4.07. The smallest absolute Gasteiger partial charge is 0.242 e. The summed E-state index contributed by atoms with van der Waals surface area (Å²) >= 11 is 3.70. The molecule has 0 atom stereocenters. The Morgan fingerprint density at radius 3 is 2.24 bits per heavy atom. The Morgan fingerprint density at radius 2 is 1.71 bits per heavy atom. The molecule has 7 heteroatoms. The number of rotatable bonds is 5. The fourth-order valence-corrected chi connectivity index (χ4v) is 2.99. The summed E-state index contributed by atoms with van der Waals surface area (Å²) in [6.07, 6.45) is 0.486. The van der Waals surface area contributed by atoms with Gasteiger partial charge < -0.3 is 4.90 Å². The van der Waals surface area contributed by atoms with E-state index in [-0.39, 0.29) is 9.70 Å². The minimum atomic E-state index is 0.0527. The molecule has 1 N–H and O–H groups in total. The van der Waals surface area contributed by atoms with E-state index in [2.05, 4.69) is 25.5 Å². The van der Waals surface area contributed by atoms with E-state index in [0.717, 1.165) is 31.7 Å². The van der Waals surface area contributed by atoms with Gasteiger partial charge in [-0.1, -0.05) is 12.1 Å². The number of halogens is 2. The van der Waals surface area contributed by atoms with Gasteiger partial charge >= 0.3 is 0 Å². The van der Waals surface area contributed by atoms with Gasteiger partial charge in [-0.15, -0.1) is 0 Å². The molecule has 1 amide bonds. The predicted molar refractivity (Wildman–Crippen MR) is 100.0 cm³/mol. The number of benzene rings is 1. The third-order valence-electron chi connectivity index (χ3n) is 3.49. The molecule has 1 fully saturated rings. The highest BCUT2D eigenvalue weighted by Crippen LogP contribution is 2.18. The molecule has 0 radical (unpaired) electrons. The van der Waals surface area contributed by atoms with Crippen LogP contribution in [0.4, 0.5) is 5.69 Å². The first-order valence-electron chi connectivity index (χ1n) is 6.72. The maximum Gasteiger partial charge on any atom is 0.242 e.